The molecule has 0 N–H and O–H groups in total. The average molecular weight is 307 g/mol. The topological polar surface area (TPSA) is 17.1 Å². The molecule has 0 spiro atoms. The summed E-state index contributed by atoms with van der Waals surface area (Å²) in [6.45, 7) is 6.58. The molecule has 3 heteroatoms. The number of carbonyl (C=O) groups excluding carboxylic acids is 1. The van der Waals surface area contributed by atoms with Crippen molar-refractivity contribution >= 4 is 28.2 Å². The quantitative estimate of drug-likeness (QED) is 0.715. The number of hydrogen-bond donors (Lipinski definition) is 0. The van der Waals surface area contributed by atoms with Crippen molar-refractivity contribution < 1.29 is 4.79 Å². The van der Waals surface area contributed by atoms with Gasteiger partial charge in [0.05, 0.1) is 5.92 Å². The van der Waals surface area contributed by atoms with E-state index in [1.165, 1.54) is 5.56 Å². The third-order valence-corrected chi connectivity index (χ3v) is 4.67. The van der Waals surface area contributed by atoms with Crippen LogP contribution in [-0.2, 0) is 16.6 Å². The Labute approximate surface area is 129 Å². The van der Waals surface area contributed by atoms with Gasteiger partial charge < -0.3 is 0 Å². The number of halogens is 1. The SMILES string of the molecule is CC(C)(C)c1ccc(CC(C(=O)Cl)c2cccs2)cc1. The van der Waals surface area contributed by atoms with Gasteiger partial charge in [-0.3, -0.25) is 4.79 Å². The van der Waals surface area contributed by atoms with Crippen LogP contribution in [0.15, 0.2) is 41.8 Å². The highest BCUT2D eigenvalue weighted by Crippen LogP contribution is 2.28. The van der Waals surface area contributed by atoms with Crippen molar-refractivity contribution in [2.75, 3.05) is 0 Å². The second-order valence-corrected chi connectivity index (χ2v) is 7.37. The molecule has 1 unspecified atom stereocenters. The molecule has 0 aliphatic rings. The molecule has 0 aliphatic carbocycles. The second kappa shape index (κ2) is 6.11. The van der Waals surface area contributed by atoms with Gasteiger partial charge in [0.2, 0.25) is 5.24 Å². The van der Waals surface area contributed by atoms with E-state index in [1.807, 2.05) is 17.5 Å². The van der Waals surface area contributed by atoms with Crippen LogP contribution in [-0.4, -0.2) is 5.24 Å². The van der Waals surface area contributed by atoms with Gasteiger partial charge in [-0.1, -0.05) is 51.1 Å². The van der Waals surface area contributed by atoms with Crippen LogP contribution in [0.1, 0.15) is 42.7 Å². The molecule has 1 heterocycles. The minimum absolute atomic E-state index is 0.147. The summed E-state index contributed by atoms with van der Waals surface area (Å²) in [6.07, 6.45) is 0.660. The van der Waals surface area contributed by atoms with Crippen molar-refractivity contribution in [2.24, 2.45) is 0 Å². The molecule has 0 aliphatic heterocycles. The molecule has 106 valence electrons. The highest BCUT2D eigenvalue weighted by atomic mass is 35.5. The molecular weight excluding hydrogens is 288 g/mol. The zero-order chi connectivity index (χ0) is 14.8. The third kappa shape index (κ3) is 3.71. The van der Waals surface area contributed by atoms with E-state index in [1.54, 1.807) is 11.3 Å². The summed E-state index contributed by atoms with van der Waals surface area (Å²) in [5, 5.41) is 1.69. The van der Waals surface area contributed by atoms with Crippen LogP contribution in [0.4, 0.5) is 0 Å². The summed E-state index contributed by atoms with van der Waals surface area (Å²) in [5.74, 6) is -0.239. The zero-order valence-electron chi connectivity index (χ0n) is 12.0. The lowest BCUT2D eigenvalue weighted by molar-refractivity contribution is -0.112. The summed E-state index contributed by atoms with van der Waals surface area (Å²) < 4.78 is 0. The highest BCUT2D eigenvalue weighted by Gasteiger charge is 2.20. The molecule has 2 aromatic rings. The molecular formula is C17H19ClOS. The summed E-state index contributed by atoms with van der Waals surface area (Å²) in [5.41, 5.74) is 2.59. The number of rotatable bonds is 4. The fourth-order valence-electron chi connectivity index (χ4n) is 2.16. The van der Waals surface area contributed by atoms with Crippen LogP contribution in [0, 0.1) is 0 Å². The number of thiophene rings is 1. The van der Waals surface area contributed by atoms with Crippen LogP contribution in [0.2, 0.25) is 0 Å². The van der Waals surface area contributed by atoms with Gasteiger partial charge in [-0.15, -0.1) is 11.3 Å². The van der Waals surface area contributed by atoms with E-state index in [0.29, 0.717) is 6.42 Å². The maximum atomic E-state index is 11.6. The van der Waals surface area contributed by atoms with Crippen molar-refractivity contribution in [3.05, 3.63) is 57.8 Å². The van der Waals surface area contributed by atoms with Crippen LogP contribution in [0.5, 0.6) is 0 Å². The molecule has 0 amide bonds. The Bertz CT molecular complexity index is 564. The van der Waals surface area contributed by atoms with Gasteiger partial charge in [-0.05, 0) is 46.0 Å². The van der Waals surface area contributed by atoms with Gasteiger partial charge in [0.25, 0.3) is 0 Å². The molecule has 1 aromatic heterocycles. The number of carbonyl (C=O) groups is 1. The summed E-state index contributed by atoms with van der Waals surface area (Å²) >= 11 is 7.34. The molecule has 0 saturated carbocycles. The molecule has 20 heavy (non-hydrogen) atoms. The standard InChI is InChI=1S/C17H19ClOS/c1-17(2,3)13-8-6-12(7-9-13)11-14(16(18)19)15-5-4-10-20-15/h4-10,14H,11H2,1-3H3. The Morgan fingerprint density at radius 3 is 2.30 bits per heavy atom. The number of hydrogen-bond acceptors (Lipinski definition) is 2. The molecule has 0 fully saturated rings. The molecule has 1 nitrogen and oxygen atoms in total. The van der Waals surface area contributed by atoms with Gasteiger partial charge in [-0.2, -0.15) is 0 Å². The first-order valence-corrected chi connectivity index (χ1v) is 7.96. The van der Waals surface area contributed by atoms with Crippen molar-refractivity contribution in [3.63, 3.8) is 0 Å². The van der Waals surface area contributed by atoms with Gasteiger partial charge in [0.15, 0.2) is 0 Å². The maximum Gasteiger partial charge on any atom is 0.230 e. The minimum atomic E-state index is -0.285. The van der Waals surface area contributed by atoms with Crippen LogP contribution < -0.4 is 0 Å². The Morgan fingerprint density at radius 1 is 1.20 bits per heavy atom. The first-order chi connectivity index (χ1) is 9.38. The number of benzene rings is 1. The van der Waals surface area contributed by atoms with Crippen LogP contribution >= 0.6 is 22.9 Å². The van der Waals surface area contributed by atoms with E-state index in [2.05, 4.69) is 45.0 Å². The molecule has 0 radical (unpaired) electrons. The lowest BCUT2D eigenvalue weighted by atomic mass is 9.86. The van der Waals surface area contributed by atoms with Crippen molar-refractivity contribution in [2.45, 2.75) is 38.5 Å². The average Bonchev–Trinajstić information content (AvgIpc) is 2.88. The maximum absolute atomic E-state index is 11.6. The van der Waals surface area contributed by atoms with E-state index >= 15 is 0 Å². The van der Waals surface area contributed by atoms with Crippen molar-refractivity contribution in [3.8, 4) is 0 Å². The first-order valence-electron chi connectivity index (χ1n) is 6.70. The normalized spacial score (nSPS) is 13.2. The lowest BCUT2D eigenvalue weighted by Crippen LogP contribution is -2.12. The van der Waals surface area contributed by atoms with Gasteiger partial charge in [-0.25, -0.2) is 0 Å². The first kappa shape index (κ1) is 15.3. The summed E-state index contributed by atoms with van der Waals surface area (Å²) in [6, 6.07) is 12.4. The Kier molecular flexibility index (Phi) is 4.66. The lowest BCUT2D eigenvalue weighted by Gasteiger charge is -2.19. The fourth-order valence-corrected chi connectivity index (χ4v) is 3.24. The molecule has 1 aromatic carbocycles. The van der Waals surface area contributed by atoms with Crippen LogP contribution in [0.25, 0.3) is 0 Å². The zero-order valence-corrected chi connectivity index (χ0v) is 13.6. The summed E-state index contributed by atoms with van der Waals surface area (Å²) in [7, 11) is 0. The molecule has 1 atom stereocenters. The molecule has 0 bridgehead atoms. The fraction of sp³-hybridized carbons (Fsp3) is 0.353. The summed E-state index contributed by atoms with van der Waals surface area (Å²) in [4.78, 5) is 12.7. The molecule has 0 saturated heterocycles. The molecule has 2 rings (SSSR count). The van der Waals surface area contributed by atoms with Gasteiger partial charge in [0.1, 0.15) is 0 Å². The third-order valence-electron chi connectivity index (χ3n) is 3.42. The van der Waals surface area contributed by atoms with Crippen molar-refractivity contribution in [1.29, 1.82) is 0 Å². The largest absolute Gasteiger partial charge is 0.281 e. The Morgan fingerprint density at radius 2 is 1.85 bits per heavy atom. The van der Waals surface area contributed by atoms with E-state index in [-0.39, 0.29) is 16.6 Å². The van der Waals surface area contributed by atoms with Gasteiger partial charge >= 0.3 is 0 Å². The predicted octanol–water partition coefficient (Wildman–Crippen LogP) is 5.14. The smallest absolute Gasteiger partial charge is 0.230 e. The van der Waals surface area contributed by atoms with Crippen LogP contribution in [0.3, 0.4) is 0 Å². The van der Waals surface area contributed by atoms with Crippen molar-refractivity contribution in [1.82, 2.24) is 0 Å². The highest BCUT2D eigenvalue weighted by molar-refractivity contribution is 7.10. The van der Waals surface area contributed by atoms with E-state index in [9.17, 15) is 4.79 Å². The van der Waals surface area contributed by atoms with E-state index in [0.717, 1.165) is 10.4 Å². The second-order valence-electron chi connectivity index (χ2n) is 6.02. The van der Waals surface area contributed by atoms with E-state index in [4.69, 9.17) is 11.6 Å². The van der Waals surface area contributed by atoms with E-state index < -0.39 is 0 Å². The minimum Gasteiger partial charge on any atom is -0.281 e. The Balaban J connectivity index is 2.18. The van der Waals surface area contributed by atoms with Gasteiger partial charge in [0, 0.05) is 4.88 Å². The Hall–Kier alpha value is -1.12. The monoisotopic (exact) mass is 306 g/mol. The predicted molar refractivity (Wildman–Crippen MR) is 86.8 cm³/mol.